The highest BCUT2D eigenvalue weighted by Crippen LogP contribution is 2.25. The molecule has 132 valence electrons. The summed E-state index contributed by atoms with van der Waals surface area (Å²) in [4.78, 5) is 42.1. The van der Waals surface area contributed by atoms with E-state index in [4.69, 9.17) is 0 Å². The molecule has 0 aliphatic heterocycles. The van der Waals surface area contributed by atoms with E-state index in [1.165, 1.54) is 0 Å². The minimum atomic E-state index is -1.30. The molecule has 0 atom stereocenters. The summed E-state index contributed by atoms with van der Waals surface area (Å²) in [6, 6.07) is 12.3. The second kappa shape index (κ2) is 7.18. The van der Waals surface area contributed by atoms with E-state index in [0.717, 1.165) is 5.56 Å². The molecule has 1 amide bonds. The van der Waals surface area contributed by atoms with Crippen LogP contribution in [0.5, 0.6) is 0 Å². The maximum atomic E-state index is 12.5. The number of fused-ring (bicyclic) bond motifs is 1. The number of nitrogens with zero attached hydrogens (tertiary/aromatic N) is 1. The fourth-order valence-electron chi connectivity index (χ4n) is 2.61. The van der Waals surface area contributed by atoms with Gasteiger partial charge in [-0.2, -0.15) is 0 Å². The number of benzene rings is 2. The monoisotopic (exact) mass is 350 g/mol. The number of carbonyl (C=O) groups excluding carboxylic acids is 2. The molecule has 0 bridgehead atoms. The molecule has 2 aromatic carbocycles. The molecule has 0 saturated carbocycles. The molecule has 3 aromatic rings. The van der Waals surface area contributed by atoms with Crippen molar-refractivity contribution in [2.75, 3.05) is 5.32 Å². The number of para-hydroxylation sites is 1. The summed E-state index contributed by atoms with van der Waals surface area (Å²) in [6.07, 6.45) is -0.584. The largest absolute Gasteiger partial charge is 0.550 e. The molecule has 1 aromatic heterocycles. The van der Waals surface area contributed by atoms with E-state index in [2.05, 4.69) is 15.3 Å². The predicted molar refractivity (Wildman–Crippen MR) is 95.4 cm³/mol. The standard InChI is InChI=1S/C19H17N3O4/c1-11-6-7-14-15(10-11)22-19(26)18(21-14)12-4-2-3-5-13(12)20-16(23)8-9-17(24)25/h2-7,10H,8-9H2,1H3,(H,20,23)(H,22,26)(H,24,25)/p-1. The number of aromatic amines is 1. The number of amides is 1. The number of aryl methyl sites for hydroxylation is 1. The first-order valence-electron chi connectivity index (χ1n) is 8.04. The summed E-state index contributed by atoms with van der Waals surface area (Å²) >= 11 is 0. The van der Waals surface area contributed by atoms with Gasteiger partial charge >= 0.3 is 0 Å². The average Bonchev–Trinajstić information content (AvgIpc) is 2.60. The van der Waals surface area contributed by atoms with Crippen molar-refractivity contribution < 1.29 is 14.7 Å². The van der Waals surface area contributed by atoms with Gasteiger partial charge in [0.1, 0.15) is 5.69 Å². The van der Waals surface area contributed by atoms with Crippen LogP contribution >= 0.6 is 0 Å². The van der Waals surface area contributed by atoms with Crippen molar-refractivity contribution in [1.82, 2.24) is 9.97 Å². The lowest BCUT2D eigenvalue weighted by molar-refractivity contribution is -0.305. The number of rotatable bonds is 5. The first-order chi connectivity index (χ1) is 12.4. The van der Waals surface area contributed by atoms with E-state index >= 15 is 0 Å². The van der Waals surface area contributed by atoms with E-state index in [0.29, 0.717) is 22.3 Å². The molecule has 0 aliphatic carbocycles. The van der Waals surface area contributed by atoms with Crippen LogP contribution in [0.1, 0.15) is 18.4 Å². The number of anilines is 1. The highest BCUT2D eigenvalue weighted by molar-refractivity contribution is 5.96. The molecule has 7 nitrogen and oxygen atoms in total. The lowest BCUT2D eigenvalue weighted by Crippen LogP contribution is -2.24. The molecular weight excluding hydrogens is 334 g/mol. The van der Waals surface area contributed by atoms with Crippen molar-refractivity contribution in [3.05, 3.63) is 58.4 Å². The third-order valence-corrected chi connectivity index (χ3v) is 3.86. The molecule has 2 N–H and O–H groups in total. The van der Waals surface area contributed by atoms with Crippen LogP contribution in [0.2, 0.25) is 0 Å². The fourth-order valence-corrected chi connectivity index (χ4v) is 2.61. The SMILES string of the molecule is Cc1ccc2nc(-c3ccccc3NC(=O)CCC(=O)[O-])c(=O)[nH]c2c1. The van der Waals surface area contributed by atoms with Crippen LogP contribution in [0.15, 0.2) is 47.3 Å². The third-order valence-electron chi connectivity index (χ3n) is 3.86. The second-order valence-electron chi connectivity index (χ2n) is 5.90. The van der Waals surface area contributed by atoms with Gasteiger partial charge in [-0.25, -0.2) is 4.98 Å². The first kappa shape index (κ1) is 17.3. The van der Waals surface area contributed by atoms with Gasteiger partial charge in [0.25, 0.3) is 5.56 Å². The number of aliphatic carboxylic acids is 1. The number of carboxylic acid groups (broad SMARTS) is 1. The van der Waals surface area contributed by atoms with Gasteiger partial charge in [-0.15, -0.1) is 0 Å². The number of nitrogens with one attached hydrogen (secondary N) is 2. The van der Waals surface area contributed by atoms with Gasteiger partial charge in [0.05, 0.1) is 16.7 Å². The summed E-state index contributed by atoms with van der Waals surface area (Å²) < 4.78 is 0. The third kappa shape index (κ3) is 3.77. The summed E-state index contributed by atoms with van der Waals surface area (Å²) in [5, 5.41) is 13.1. The number of H-pyrrole nitrogens is 1. The highest BCUT2D eigenvalue weighted by atomic mass is 16.4. The van der Waals surface area contributed by atoms with E-state index in [1.807, 2.05) is 25.1 Å². The summed E-state index contributed by atoms with van der Waals surface area (Å²) in [6.45, 7) is 1.92. The molecule has 0 spiro atoms. The van der Waals surface area contributed by atoms with Gasteiger partial charge in [0.15, 0.2) is 0 Å². The molecule has 1 heterocycles. The predicted octanol–water partition coefficient (Wildman–Crippen LogP) is 1.37. The molecule has 0 fully saturated rings. The van der Waals surface area contributed by atoms with Gasteiger partial charge in [-0.1, -0.05) is 24.3 Å². The second-order valence-corrected chi connectivity index (χ2v) is 5.90. The van der Waals surface area contributed by atoms with Crippen molar-refractivity contribution in [3.8, 4) is 11.3 Å². The van der Waals surface area contributed by atoms with Crippen molar-refractivity contribution >= 4 is 28.6 Å². The number of carbonyl (C=O) groups is 2. The minimum absolute atomic E-state index is 0.178. The van der Waals surface area contributed by atoms with Crippen molar-refractivity contribution in [2.24, 2.45) is 0 Å². The Bertz CT molecular complexity index is 1060. The van der Waals surface area contributed by atoms with Crippen LogP contribution in [0, 0.1) is 6.92 Å². The van der Waals surface area contributed by atoms with Crippen molar-refractivity contribution in [1.29, 1.82) is 0 Å². The van der Waals surface area contributed by atoms with E-state index in [9.17, 15) is 19.5 Å². The fraction of sp³-hybridized carbons (Fsp3) is 0.158. The summed E-state index contributed by atoms with van der Waals surface area (Å²) in [7, 11) is 0. The molecule has 0 radical (unpaired) electrons. The lowest BCUT2D eigenvalue weighted by Gasteiger charge is -2.11. The molecule has 26 heavy (non-hydrogen) atoms. The lowest BCUT2D eigenvalue weighted by atomic mass is 10.1. The number of carboxylic acids is 1. The van der Waals surface area contributed by atoms with Crippen molar-refractivity contribution in [2.45, 2.75) is 19.8 Å². The Labute approximate surface area is 148 Å². The smallest absolute Gasteiger partial charge is 0.275 e. The Morgan fingerprint density at radius 3 is 2.69 bits per heavy atom. The molecule has 7 heteroatoms. The van der Waals surface area contributed by atoms with Gasteiger partial charge in [-0.3, -0.25) is 9.59 Å². The summed E-state index contributed by atoms with van der Waals surface area (Å²) in [5.41, 5.74) is 2.91. The zero-order valence-electron chi connectivity index (χ0n) is 14.0. The van der Waals surface area contributed by atoms with Crippen LogP contribution in [-0.4, -0.2) is 21.8 Å². The minimum Gasteiger partial charge on any atom is -0.550 e. The maximum absolute atomic E-state index is 12.5. The zero-order chi connectivity index (χ0) is 18.7. The van der Waals surface area contributed by atoms with E-state index < -0.39 is 11.9 Å². The van der Waals surface area contributed by atoms with Crippen molar-refractivity contribution in [3.63, 3.8) is 0 Å². The number of hydrogen-bond donors (Lipinski definition) is 2. The average molecular weight is 350 g/mol. The normalized spacial score (nSPS) is 10.7. The number of hydrogen-bond acceptors (Lipinski definition) is 5. The van der Waals surface area contributed by atoms with Crippen LogP contribution < -0.4 is 16.0 Å². The number of aromatic nitrogens is 2. The van der Waals surface area contributed by atoms with Crippen LogP contribution in [0.4, 0.5) is 5.69 Å². The molecule has 0 aliphatic rings. The molecule has 0 saturated heterocycles. The Balaban J connectivity index is 2.00. The van der Waals surface area contributed by atoms with Gasteiger partial charge in [0, 0.05) is 18.0 Å². The first-order valence-corrected chi connectivity index (χ1v) is 8.04. The molecular formula is C19H16N3O4-. The Kier molecular flexibility index (Phi) is 4.79. The zero-order valence-corrected chi connectivity index (χ0v) is 14.0. The van der Waals surface area contributed by atoms with Crippen LogP contribution in [-0.2, 0) is 9.59 Å². The van der Waals surface area contributed by atoms with Gasteiger partial charge in [-0.05, 0) is 37.1 Å². The Morgan fingerprint density at radius 1 is 1.15 bits per heavy atom. The molecule has 0 unspecified atom stereocenters. The summed E-state index contributed by atoms with van der Waals surface area (Å²) in [5.74, 6) is -1.77. The van der Waals surface area contributed by atoms with E-state index in [1.54, 1.807) is 24.3 Å². The van der Waals surface area contributed by atoms with Gasteiger partial charge in [0.2, 0.25) is 5.91 Å². The highest BCUT2D eigenvalue weighted by Gasteiger charge is 2.13. The quantitative estimate of drug-likeness (QED) is 0.721. The Morgan fingerprint density at radius 2 is 1.92 bits per heavy atom. The van der Waals surface area contributed by atoms with Crippen LogP contribution in [0.25, 0.3) is 22.3 Å². The van der Waals surface area contributed by atoms with Crippen LogP contribution in [0.3, 0.4) is 0 Å². The molecule has 3 rings (SSSR count). The Hall–Kier alpha value is -3.48. The van der Waals surface area contributed by atoms with Gasteiger partial charge < -0.3 is 20.2 Å². The van der Waals surface area contributed by atoms with E-state index in [-0.39, 0.29) is 24.1 Å². The topological polar surface area (TPSA) is 115 Å². The maximum Gasteiger partial charge on any atom is 0.275 e.